The fourth-order valence-electron chi connectivity index (χ4n) is 3.55. The highest BCUT2D eigenvalue weighted by Gasteiger charge is 2.19. The van der Waals surface area contributed by atoms with Crippen molar-refractivity contribution in [3.05, 3.63) is 63.0 Å². The minimum Gasteiger partial charge on any atom is -0.496 e. The highest BCUT2D eigenvalue weighted by atomic mass is 35.5. The third-order valence-corrected chi connectivity index (χ3v) is 5.57. The second kappa shape index (κ2) is 8.99. The monoisotopic (exact) mass is 470 g/mol. The fraction of sp³-hybridized carbons (Fsp3) is 0.273. The molecule has 0 atom stereocenters. The summed E-state index contributed by atoms with van der Waals surface area (Å²) >= 11 is 6.43. The minimum absolute atomic E-state index is 0.153. The number of aromatic nitrogens is 6. The van der Waals surface area contributed by atoms with Crippen LogP contribution in [0.15, 0.2) is 41.2 Å². The van der Waals surface area contributed by atoms with Gasteiger partial charge in [-0.1, -0.05) is 17.7 Å². The van der Waals surface area contributed by atoms with E-state index < -0.39 is 0 Å². The molecule has 0 unspecified atom stereocenters. The summed E-state index contributed by atoms with van der Waals surface area (Å²) in [5, 5.41) is 12.6. The van der Waals surface area contributed by atoms with Crippen LogP contribution in [0.1, 0.15) is 11.1 Å². The van der Waals surface area contributed by atoms with Crippen LogP contribution < -0.4 is 19.9 Å². The molecule has 0 N–H and O–H groups in total. The largest absolute Gasteiger partial charge is 0.496 e. The number of hydrogen-bond donors (Lipinski definition) is 0. The van der Waals surface area contributed by atoms with Crippen molar-refractivity contribution in [3.63, 3.8) is 0 Å². The Kier molecular flexibility index (Phi) is 6.10. The first-order chi connectivity index (χ1) is 15.8. The summed E-state index contributed by atoms with van der Waals surface area (Å²) in [5.74, 6) is 1.74. The lowest BCUT2D eigenvalue weighted by Crippen LogP contribution is -2.23. The molecule has 0 fully saturated rings. The molecule has 2 aromatic carbocycles. The van der Waals surface area contributed by atoms with Crippen molar-refractivity contribution >= 4 is 11.6 Å². The van der Waals surface area contributed by atoms with Crippen molar-refractivity contribution in [3.8, 4) is 34.3 Å². The zero-order valence-corrected chi connectivity index (χ0v) is 19.6. The standard InChI is InChI=1S/C22H23ClN6O4/c1-13-11-14(20-19(23)21(32-5)27(2)24-20)9-10-17(13)33-12-15-16(7-6-8-18(15)31-4)29-22(30)28(3)25-26-29/h6-11H,12H2,1-5H3. The Morgan fingerprint density at radius 3 is 2.39 bits per heavy atom. The van der Waals surface area contributed by atoms with Crippen LogP contribution in [-0.4, -0.2) is 43.8 Å². The van der Waals surface area contributed by atoms with Crippen LogP contribution in [-0.2, 0) is 20.7 Å². The van der Waals surface area contributed by atoms with Gasteiger partial charge in [-0.15, -0.1) is 0 Å². The molecular formula is C22H23ClN6O4. The maximum atomic E-state index is 12.4. The van der Waals surface area contributed by atoms with Crippen molar-refractivity contribution in [2.75, 3.05) is 14.2 Å². The first kappa shape index (κ1) is 22.4. The predicted molar refractivity (Wildman–Crippen MR) is 122 cm³/mol. The van der Waals surface area contributed by atoms with Gasteiger partial charge in [0.1, 0.15) is 28.8 Å². The van der Waals surface area contributed by atoms with Crippen molar-refractivity contribution in [1.82, 2.24) is 29.6 Å². The van der Waals surface area contributed by atoms with Gasteiger partial charge in [0.05, 0.1) is 25.5 Å². The molecule has 0 spiro atoms. The number of hydrogen-bond acceptors (Lipinski definition) is 7. The normalized spacial score (nSPS) is 11.0. The Hall–Kier alpha value is -3.79. The number of methoxy groups -OCH3 is 2. The molecule has 0 radical (unpaired) electrons. The van der Waals surface area contributed by atoms with E-state index in [0.29, 0.717) is 39.3 Å². The fourth-order valence-corrected chi connectivity index (χ4v) is 3.90. The second-order valence-electron chi connectivity index (χ2n) is 7.32. The van der Waals surface area contributed by atoms with Crippen molar-refractivity contribution in [2.45, 2.75) is 13.5 Å². The zero-order chi connectivity index (χ0) is 23.7. The summed E-state index contributed by atoms with van der Waals surface area (Å²) in [6.45, 7) is 2.09. The van der Waals surface area contributed by atoms with Gasteiger partial charge in [-0.3, -0.25) is 0 Å². The molecule has 0 aliphatic carbocycles. The van der Waals surface area contributed by atoms with Crippen LogP contribution >= 0.6 is 11.6 Å². The smallest absolute Gasteiger partial charge is 0.368 e. The summed E-state index contributed by atoms with van der Waals surface area (Å²) in [6.07, 6.45) is 0. The summed E-state index contributed by atoms with van der Waals surface area (Å²) in [7, 11) is 6.42. The Balaban J connectivity index is 1.64. The Morgan fingerprint density at radius 2 is 1.79 bits per heavy atom. The summed E-state index contributed by atoms with van der Waals surface area (Å²) < 4.78 is 20.9. The van der Waals surface area contributed by atoms with Crippen LogP contribution in [0, 0.1) is 6.92 Å². The minimum atomic E-state index is -0.368. The molecule has 2 aromatic heterocycles. The second-order valence-corrected chi connectivity index (χ2v) is 7.70. The summed E-state index contributed by atoms with van der Waals surface area (Å²) in [4.78, 5) is 12.4. The SMILES string of the molecule is COc1cccc(-n2nnn(C)c2=O)c1COc1ccc(-c2nn(C)c(OC)c2Cl)cc1C. The average Bonchev–Trinajstić information content (AvgIpc) is 3.29. The summed E-state index contributed by atoms with van der Waals surface area (Å²) in [6, 6.07) is 11.0. The molecule has 0 amide bonds. The lowest BCUT2D eigenvalue weighted by atomic mass is 10.1. The van der Waals surface area contributed by atoms with E-state index in [9.17, 15) is 4.79 Å². The molecule has 4 rings (SSSR count). The first-order valence-electron chi connectivity index (χ1n) is 10.0. The molecule has 2 heterocycles. The van der Waals surface area contributed by atoms with Crippen LogP contribution in [0.4, 0.5) is 0 Å². The molecule has 0 saturated heterocycles. The predicted octanol–water partition coefficient (Wildman–Crippen LogP) is 2.92. The van der Waals surface area contributed by atoms with Gasteiger partial charge in [0.2, 0.25) is 5.88 Å². The number of tetrazole rings is 1. The number of aryl methyl sites for hydroxylation is 3. The van der Waals surface area contributed by atoms with Gasteiger partial charge >= 0.3 is 5.69 Å². The maximum Gasteiger partial charge on any atom is 0.368 e. The van der Waals surface area contributed by atoms with Gasteiger partial charge in [0.15, 0.2) is 0 Å². The quantitative estimate of drug-likeness (QED) is 0.409. The average molecular weight is 471 g/mol. The van der Waals surface area contributed by atoms with Gasteiger partial charge in [-0.25, -0.2) is 9.48 Å². The molecule has 0 saturated carbocycles. The molecule has 0 bridgehead atoms. The summed E-state index contributed by atoms with van der Waals surface area (Å²) in [5.41, 5.74) is 3.19. The van der Waals surface area contributed by atoms with E-state index in [1.807, 2.05) is 25.1 Å². The first-order valence-corrected chi connectivity index (χ1v) is 10.4. The van der Waals surface area contributed by atoms with Gasteiger partial charge in [0, 0.05) is 19.7 Å². The number of benzene rings is 2. The van der Waals surface area contributed by atoms with E-state index >= 15 is 0 Å². The van der Waals surface area contributed by atoms with E-state index in [4.69, 9.17) is 25.8 Å². The highest BCUT2D eigenvalue weighted by molar-refractivity contribution is 6.34. The van der Waals surface area contributed by atoms with Crippen LogP contribution in [0.3, 0.4) is 0 Å². The Labute approximate surface area is 194 Å². The van der Waals surface area contributed by atoms with Crippen LogP contribution in [0.2, 0.25) is 5.02 Å². The number of halogens is 1. The van der Waals surface area contributed by atoms with Gasteiger partial charge in [0.25, 0.3) is 0 Å². The van der Waals surface area contributed by atoms with Crippen molar-refractivity contribution in [1.29, 1.82) is 0 Å². The van der Waals surface area contributed by atoms with Crippen LogP contribution in [0.5, 0.6) is 17.4 Å². The van der Waals surface area contributed by atoms with Gasteiger partial charge in [-0.05, 0) is 53.2 Å². The van der Waals surface area contributed by atoms with Crippen LogP contribution in [0.25, 0.3) is 16.9 Å². The van der Waals surface area contributed by atoms with Crippen molar-refractivity contribution < 1.29 is 14.2 Å². The Morgan fingerprint density at radius 1 is 1.00 bits per heavy atom. The van der Waals surface area contributed by atoms with E-state index in [-0.39, 0.29) is 12.3 Å². The molecular weight excluding hydrogens is 448 g/mol. The Bertz CT molecular complexity index is 1370. The van der Waals surface area contributed by atoms with E-state index in [0.717, 1.165) is 15.8 Å². The van der Waals surface area contributed by atoms with E-state index in [1.54, 1.807) is 44.1 Å². The maximum absolute atomic E-state index is 12.4. The molecule has 10 nitrogen and oxygen atoms in total. The number of nitrogens with zero attached hydrogens (tertiary/aromatic N) is 6. The molecule has 172 valence electrons. The lowest BCUT2D eigenvalue weighted by Gasteiger charge is -2.15. The van der Waals surface area contributed by atoms with E-state index in [2.05, 4.69) is 15.5 Å². The number of rotatable bonds is 7. The molecule has 0 aliphatic rings. The van der Waals surface area contributed by atoms with Gasteiger partial charge < -0.3 is 14.2 Å². The molecule has 0 aliphatic heterocycles. The number of ether oxygens (including phenoxy) is 3. The molecule has 11 heteroatoms. The highest BCUT2D eigenvalue weighted by Crippen LogP contribution is 2.36. The molecule has 4 aromatic rings. The third kappa shape index (κ3) is 4.05. The van der Waals surface area contributed by atoms with E-state index in [1.165, 1.54) is 11.7 Å². The zero-order valence-electron chi connectivity index (χ0n) is 18.9. The topological polar surface area (TPSA) is 98.2 Å². The lowest BCUT2D eigenvalue weighted by molar-refractivity contribution is 0.294. The van der Waals surface area contributed by atoms with Crippen molar-refractivity contribution in [2.24, 2.45) is 14.1 Å². The van der Waals surface area contributed by atoms with Gasteiger partial charge in [-0.2, -0.15) is 14.5 Å². The third-order valence-electron chi connectivity index (χ3n) is 5.23. The molecule has 33 heavy (non-hydrogen) atoms.